The molecule has 0 bridgehead atoms. The number of carbonyl (C=O) groups excluding carboxylic acids is 1. The summed E-state index contributed by atoms with van der Waals surface area (Å²) in [5.74, 6) is -1.58. The number of aliphatic hydroxyl groups excluding tert-OH is 1. The van der Waals surface area contributed by atoms with E-state index in [9.17, 15) is 24.4 Å². The molecule has 0 amide bonds. The predicted octanol–water partition coefficient (Wildman–Crippen LogP) is 2.40. The van der Waals surface area contributed by atoms with Crippen LogP contribution in [0, 0.1) is 10.7 Å². The Morgan fingerprint density at radius 3 is 2.71 bits per heavy atom. The Morgan fingerprint density at radius 1 is 1.40 bits per heavy atom. The van der Waals surface area contributed by atoms with E-state index in [1.165, 1.54) is 32.2 Å². The first kappa shape index (κ1) is 24.4. The fourth-order valence-corrected chi connectivity index (χ4v) is 5.39. The summed E-state index contributed by atoms with van der Waals surface area (Å²) in [5.41, 5.74) is -2.62. The molecule has 3 rings (SSSR count). The number of nitrogens with zero attached hydrogens (tertiary/aromatic N) is 1. The molecule has 13 heteroatoms. The maximum Gasteiger partial charge on any atom is 0.380 e. The highest BCUT2D eigenvalue weighted by Gasteiger charge is 2.53. The van der Waals surface area contributed by atoms with E-state index in [2.05, 4.69) is 4.98 Å². The highest BCUT2D eigenvalue weighted by Crippen LogP contribution is 2.51. The van der Waals surface area contributed by atoms with Gasteiger partial charge in [-0.3, -0.25) is 23.7 Å². The number of H-pyrrole nitrogens is 1. The van der Waals surface area contributed by atoms with Gasteiger partial charge in [-0.15, -0.1) is 0 Å². The standard InChI is InChI=1S/C22H29N2O9PS/c1-4-30-19(27)14(2)13-34(29,33-15-8-6-5-7-9-15)31-12-16-18(26)22(3,28)20(32-16)24-11-10-17(25)23-21(24)35/h5-11,14,16,18,20,26,28H,4,12-13H2,1-3H3,(H,23,25,35)/t14-,16-,18+,20-,22?,34-/m1/s1/i12D2. The Kier molecular flexibility index (Phi) is 7.76. The Bertz CT molecular complexity index is 1270. The Balaban J connectivity index is 1.93. The summed E-state index contributed by atoms with van der Waals surface area (Å²) in [6.45, 7) is 1.31. The average Bonchev–Trinajstić information content (AvgIpc) is 3.03. The second-order valence-electron chi connectivity index (χ2n) is 8.16. The number of rotatable bonds is 10. The largest absolute Gasteiger partial charge is 0.466 e. The molecule has 35 heavy (non-hydrogen) atoms. The maximum absolute atomic E-state index is 13.8. The molecule has 1 unspecified atom stereocenters. The minimum Gasteiger partial charge on any atom is -0.466 e. The fraction of sp³-hybridized carbons (Fsp3) is 0.500. The van der Waals surface area contributed by atoms with Crippen LogP contribution >= 0.6 is 19.8 Å². The van der Waals surface area contributed by atoms with Crippen LogP contribution in [-0.4, -0.2) is 62.9 Å². The molecular weight excluding hydrogens is 499 g/mol. The smallest absolute Gasteiger partial charge is 0.380 e. The van der Waals surface area contributed by atoms with Gasteiger partial charge in [0, 0.05) is 12.3 Å². The van der Waals surface area contributed by atoms with Crippen LogP contribution in [0.3, 0.4) is 0 Å². The van der Waals surface area contributed by atoms with Crippen molar-refractivity contribution in [3.63, 3.8) is 0 Å². The van der Waals surface area contributed by atoms with Crippen LogP contribution in [0.4, 0.5) is 0 Å². The van der Waals surface area contributed by atoms with E-state index >= 15 is 0 Å². The van der Waals surface area contributed by atoms with Crippen molar-refractivity contribution in [2.75, 3.05) is 19.3 Å². The van der Waals surface area contributed by atoms with Gasteiger partial charge in [0.2, 0.25) is 0 Å². The van der Waals surface area contributed by atoms with Crippen molar-refractivity contribution >= 4 is 25.8 Å². The summed E-state index contributed by atoms with van der Waals surface area (Å²) in [5, 5.41) is 21.8. The van der Waals surface area contributed by atoms with Crippen LogP contribution in [-0.2, 0) is 23.4 Å². The number of aromatic amines is 1. The lowest BCUT2D eigenvalue weighted by Crippen LogP contribution is -2.44. The van der Waals surface area contributed by atoms with Crippen molar-refractivity contribution in [1.29, 1.82) is 0 Å². The second-order valence-corrected chi connectivity index (χ2v) is 10.5. The minimum atomic E-state index is -4.45. The molecule has 11 nitrogen and oxygen atoms in total. The normalized spacial score (nSPS) is 27.9. The molecule has 2 aromatic rings. The molecule has 0 saturated carbocycles. The Labute approximate surface area is 210 Å². The lowest BCUT2D eigenvalue weighted by Gasteiger charge is -2.28. The number of hydrogen-bond acceptors (Lipinski definition) is 10. The van der Waals surface area contributed by atoms with Crippen molar-refractivity contribution in [2.45, 2.75) is 44.8 Å². The second kappa shape index (κ2) is 11.2. The van der Waals surface area contributed by atoms with Crippen LogP contribution < -0.4 is 10.1 Å². The van der Waals surface area contributed by atoms with Crippen molar-refractivity contribution in [2.24, 2.45) is 5.92 Å². The molecule has 1 aromatic heterocycles. The summed E-state index contributed by atoms with van der Waals surface area (Å²) >= 11 is 5.10. The Morgan fingerprint density at radius 2 is 2.09 bits per heavy atom. The van der Waals surface area contributed by atoms with Gasteiger partial charge in [-0.05, 0) is 38.2 Å². The Hall–Kier alpha value is -2.34. The molecule has 1 fully saturated rings. The van der Waals surface area contributed by atoms with Crippen LogP contribution in [0.1, 0.15) is 29.7 Å². The number of benzene rings is 1. The van der Waals surface area contributed by atoms with Gasteiger partial charge < -0.3 is 24.2 Å². The monoisotopic (exact) mass is 530 g/mol. The number of para-hydroxylation sites is 1. The number of nitrogens with one attached hydrogen (secondary N) is 1. The molecular formula is C22H29N2O9PS. The molecule has 1 aliphatic heterocycles. The SMILES string of the molecule is [2H]C([2H])(O[P@](=O)(C[C@@H](C)C(=O)OCC)Oc1ccccc1)[C@H]1O[C@@H](n2ccc(=O)[nH]c2=S)C(C)(O)[C@H]1O. The number of hydrogen-bond donors (Lipinski definition) is 3. The molecule has 3 N–H and O–H groups in total. The molecule has 0 spiro atoms. The van der Waals surface area contributed by atoms with Crippen molar-refractivity contribution in [3.8, 4) is 5.75 Å². The minimum absolute atomic E-state index is 0.0839. The lowest BCUT2D eigenvalue weighted by molar-refractivity contribution is -0.146. The zero-order valence-corrected chi connectivity index (χ0v) is 21.0. The molecule has 1 saturated heterocycles. The van der Waals surface area contributed by atoms with E-state index in [0.29, 0.717) is 0 Å². The number of ether oxygens (including phenoxy) is 2. The molecule has 6 atom stereocenters. The highest BCUT2D eigenvalue weighted by molar-refractivity contribution is 7.71. The summed E-state index contributed by atoms with van der Waals surface area (Å²) in [6.07, 6.45) is -4.55. The highest BCUT2D eigenvalue weighted by atomic mass is 32.1. The van der Waals surface area contributed by atoms with Crippen molar-refractivity contribution in [1.82, 2.24) is 9.55 Å². The van der Waals surface area contributed by atoms with E-state index in [1.54, 1.807) is 25.1 Å². The summed E-state index contributed by atoms with van der Waals surface area (Å²) in [6, 6.07) is 8.94. The fourth-order valence-electron chi connectivity index (χ4n) is 3.42. The zero-order chi connectivity index (χ0) is 27.6. The third-order valence-corrected chi connectivity index (χ3v) is 7.43. The molecule has 192 valence electrons. The van der Waals surface area contributed by atoms with Crippen LogP contribution in [0.15, 0.2) is 47.4 Å². The average molecular weight is 531 g/mol. The van der Waals surface area contributed by atoms with Gasteiger partial charge in [-0.1, -0.05) is 25.1 Å². The van der Waals surface area contributed by atoms with E-state index in [0.717, 1.165) is 10.6 Å². The quantitative estimate of drug-likeness (QED) is 0.237. The van der Waals surface area contributed by atoms with Crippen molar-refractivity contribution < 1.29 is 40.8 Å². The number of esters is 1. The van der Waals surface area contributed by atoms with E-state index < -0.39 is 61.8 Å². The van der Waals surface area contributed by atoms with Gasteiger partial charge in [0.05, 0.1) is 28.0 Å². The molecule has 2 heterocycles. The van der Waals surface area contributed by atoms with Gasteiger partial charge in [-0.25, -0.2) is 4.57 Å². The molecule has 0 aliphatic carbocycles. The third-order valence-electron chi connectivity index (χ3n) is 5.25. The first-order valence-electron chi connectivity index (χ1n) is 11.8. The number of aliphatic hydroxyl groups is 2. The topological polar surface area (TPSA) is 149 Å². The van der Waals surface area contributed by atoms with E-state index in [1.807, 2.05) is 0 Å². The lowest BCUT2D eigenvalue weighted by atomic mass is 9.96. The van der Waals surface area contributed by atoms with Gasteiger partial charge in [0.25, 0.3) is 5.56 Å². The number of carbonyl (C=O) groups is 1. The van der Waals surface area contributed by atoms with Crippen LogP contribution in [0.5, 0.6) is 5.75 Å². The van der Waals surface area contributed by atoms with Gasteiger partial charge >= 0.3 is 13.6 Å². The maximum atomic E-state index is 13.8. The van der Waals surface area contributed by atoms with Gasteiger partial charge in [0.15, 0.2) is 11.0 Å². The first-order chi connectivity index (χ1) is 17.2. The summed E-state index contributed by atoms with van der Waals surface area (Å²) in [4.78, 5) is 26.1. The van der Waals surface area contributed by atoms with E-state index in [-0.39, 0.29) is 17.1 Å². The van der Waals surface area contributed by atoms with Crippen LogP contribution in [0.2, 0.25) is 0 Å². The zero-order valence-electron chi connectivity index (χ0n) is 21.3. The van der Waals surface area contributed by atoms with E-state index in [4.69, 9.17) is 33.5 Å². The van der Waals surface area contributed by atoms with Crippen LogP contribution in [0.25, 0.3) is 0 Å². The molecule has 1 aliphatic rings. The van der Waals surface area contributed by atoms with Gasteiger partial charge in [0.1, 0.15) is 23.6 Å². The third kappa shape index (κ3) is 6.46. The summed E-state index contributed by atoms with van der Waals surface area (Å²) < 4.78 is 53.4. The molecule has 1 aromatic carbocycles. The molecule has 0 radical (unpaired) electrons. The van der Waals surface area contributed by atoms with Crippen molar-refractivity contribution in [3.05, 3.63) is 57.7 Å². The van der Waals surface area contributed by atoms with Gasteiger partial charge in [-0.2, -0.15) is 0 Å². The number of aromatic nitrogens is 2. The predicted molar refractivity (Wildman–Crippen MR) is 128 cm³/mol. The summed E-state index contributed by atoms with van der Waals surface area (Å²) in [7, 11) is -4.45. The first-order valence-corrected chi connectivity index (χ1v) is 12.9.